The first-order valence-corrected chi connectivity index (χ1v) is 7.85. The molecule has 1 unspecified atom stereocenters. The van der Waals surface area contributed by atoms with Gasteiger partial charge in [-0.2, -0.15) is 5.26 Å². The smallest absolute Gasteiger partial charge is 0.303 e. The molecule has 0 fully saturated rings. The quantitative estimate of drug-likeness (QED) is 0.772. The normalized spacial score (nSPS) is 13.6. The molecule has 0 heterocycles. The fraction of sp³-hybridized carbons (Fsp3) is 0.385. The molecule has 0 saturated carbocycles. The van der Waals surface area contributed by atoms with Crippen molar-refractivity contribution in [1.29, 1.82) is 5.26 Å². The van der Waals surface area contributed by atoms with E-state index in [2.05, 4.69) is 6.07 Å². The standard InChI is InChI=1S/C13H15NO2S2/c1-13(10-14,8-7-12(15)16)18-17-9-11-5-3-2-4-6-11/h2-6H,7-9H2,1H3,(H,15,16). The summed E-state index contributed by atoms with van der Waals surface area (Å²) in [4.78, 5) is 10.5. The maximum absolute atomic E-state index is 10.5. The fourth-order valence-electron chi connectivity index (χ4n) is 1.26. The van der Waals surface area contributed by atoms with Crippen LogP contribution in [0.2, 0.25) is 0 Å². The van der Waals surface area contributed by atoms with Gasteiger partial charge in [-0.05, 0) is 18.9 Å². The maximum atomic E-state index is 10.5. The van der Waals surface area contributed by atoms with Crippen LogP contribution in [-0.2, 0) is 10.5 Å². The number of benzene rings is 1. The molecule has 18 heavy (non-hydrogen) atoms. The maximum Gasteiger partial charge on any atom is 0.303 e. The number of nitriles is 1. The van der Waals surface area contributed by atoms with Crippen LogP contribution in [0.5, 0.6) is 0 Å². The molecule has 5 heteroatoms. The van der Waals surface area contributed by atoms with Crippen molar-refractivity contribution >= 4 is 27.6 Å². The SMILES string of the molecule is CC(C#N)(CCC(=O)O)SSCc1ccccc1. The summed E-state index contributed by atoms with van der Waals surface area (Å²) in [6, 6.07) is 12.2. The summed E-state index contributed by atoms with van der Waals surface area (Å²) in [5.41, 5.74) is 1.20. The highest BCUT2D eigenvalue weighted by atomic mass is 33.1. The number of hydrogen-bond acceptors (Lipinski definition) is 4. The molecular weight excluding hydrogens is 266 g/mol. The first-order valence-electron chi connectivity index (χ1n) is 5.53. The van der Waals surface area contributed by atoms with Gasteiger partial charge in [0.2, 0.25) is 0 Å². The number of carboxylic acids is 1. The van der Waals surface area contributed by atoms with Crippen molar-refractivity contribution in [3.8, 4) is 6.07 Å². The van der Waals surface area contributed by atoms with Gasteiger partial charge in [0.25, 0.3) is 0 Å². The van der Waals surface area contributed by atoms with Crippen LogP contribution in [0.4, 0.5) is 0 Å². The zero-order valence-corrected chi connectivity index (χ0v) is 11.8. The lowest BCUT2D eigenvalue weighted by Gasteiger charge is -2.18. The highest BCUT2D eigenvalue weighted by Crippen LogP contribution is 2.40. The Labute approximate surface area is 115 Å². The average molecular weight is 281 g/mol. The van der Waals surface area contributed by atoms with E-state index in [4.69, 9.17) is 10.4 Å². The Hall–Kier alpha value is -1.12. The Balaban J connectivity index is 2.40. The van der Waals surface area contributed by atoms with E-state index in [0.29, 0.717) is 6.42 Å². The minimum Gasteiger partial charge on any atom is -0.481 e. The van der Waals surface area contributed by atoms with Crippen molar-refractivity contribution in [1.82, 2.24) is 0 Å². The Morgan fingerprint density at radius 2 is 2.11 bits per heavy atom. The summed E-state index contributed by atoms with van der Waals surface area (Å²) in [5.74, 6) is -0.0410. The van der Waals surface area contributed by atoms with E-state index in [1.807, 2.05) is 30.3 Å². The molecule has 0 aliphatic carbocycles. The van der Waals surface area contributed by atoms with E-state index >= 15 is 0 Å². The van der Waals surface area contributed by atoms with E-state index in [-0.39, 0.29) is 6.42 Å². The van der Waals surface area contributed by atoms with Crippen molar-refractivity contribution in [2.45, 2.75) is 30.3 Å². The van der Waals surface area contributed by atoms with Crippen LogP contribution in [-0.4, -0.2) is 15.8 Å². The van der Waals surface area contributed by atoms with Gasteiger partial charge in [-0.15, -0.1) is 0 Å². The number of hydrogen-bond donors (Lipinski definition) is 1. The van der Waals surface area contributed by atoms with Crippen LogP contribution < -0.4 is 0 Å². The van der Waals surface area contributed by atoms with Gasteiger partial charge in [-0.3, -0.25) is 4.79 Å². The summed E-state index contributed by atoms with van der Waals surface area (Å²) in [7, 11) is 3.04. The van der Waals surface area contributed by atoms with Crippen molar-refractivity contribution in [3.63, 3.8) is 0 Å². The van der Waals surface area contributed by atoms with Crippen molar-refractivity contribution in [2.24, 2.45) is 0 Å². The predicted molar refractivity (Wildman–Crippen MR) is 76.2 cm³/mol. The Bertz CT molecular complexity index is 430. The molecule has 0 bridgehead atoms. The lowest BCUT2D eigenvalue weighted by atomic mass is 10.1. The number of carbonyl (C=O) groups is 1. The Morgan fingerprint density at radius 1 is 1.44 bits per heavy atom. The number of carboxylic acid groups (broad SMARTS) is 1. The average Bonchev–Trinajstić information content (AvgIpc) is 2.38. The van der Waals surface area contributed by atoms with Crippen LogP contribution in [0.15, 0.2) is 30.3 Å². The van der Waals surface area contributed by atoms with E-state index in [1.165, 1.54) is 16.4 Å². The molecule has 1 aromatic carbocycles. The van der Waals surface area contributed by atoms with Crippen molar-refractivity contribution in [3.05, 3.63) is 35.9 Å². The van der Waals surface area contributed by atoms with Crippen LogP contribution in [0.3, 0.4) is 0 Å². The van der Waals surface area contributed by atoms with Crippen LogP contribution in [0.1, 0.15) is 25.3 Å². The van der Waals surface area contributed by atoms with Gasteiger partial charge in [0, 0.05) is 12.2 Å². The number of aliphatic carboxylic acids is 1. The number of rotatable bonds is 7. The highest BCUT2D eigenvalue weighted by molar-refractivity contribution is 8.76. The van der Waals surface area contributed by atoms with Gasteiger partial charge in [0.15, 0.2) is 0 Å². The minimum absolute atomic E-state index is 0.0307. The first kappa shape index (κ1) is 14.9. The molecule has 1 N–H and O–H groups in total. The Morgan fingerprint density at radius 3 is 2.67 bits per heavy atom. The van der Waals surface area contributed by atoms with Gasteiger partial charge in [0.1, 0.15) is 4.75 Å². The third-order valence-electron chi connectivity index (χ3n) is 2.36. The lowest BCUT2D eigenvalue weighted by molar-refractivity contribution is -0.137. The molecule has 1 atom stereocenters. The van der Waals surface area contributed by atoms with Gasteiger partial charge in [-0.1, -0.05) is 51.9 Å². The first-order chi connectivity index (χ1) is 8.56. The summed E-state index contributed by atoms with van der Waals surface area (Å²) < 4.78 is -0.641. The molecule has 0 radical (unpaired) electrons. The molecule has 0 saturated heterocycles. The monoisotopic (exact) mass is 281 g/mol. The minimum atomic E-state index is -0.856. The van der Waals surface area contributed by atoms with Gasteiger partial charge in [-0.25, -0.2) is 0 Å². The molecule has 0 spiro atoms. The van der Waals surface area contributed by atoms with Crippen LogP contribution in [0.25, 0.3) is 0 Å². The van der Waals surface area contributed by atoms with E-state index in [0.717, 1.165) is 5.75 Å². The highest BCUT2D eigenvalue weighted by Gasteiger charge is 2.25. The second-order valence-corrected chi connectivity index (χ2v) is 6.87. The molecule has 0 aliphatic heterocycles. The van der Waals surface area contributed by atoms with Crippen LogP contribution in [0, 0.1) is 11.3 Å². The third-order valence-corrected chi connectivity index (χ3v) is 5.41. The zero-order valence-electron chi connectivity index (χ0n) is 10.1. The summed E-state index contributed by atoms with van der Waals surface area (Å²) in [6.45, 7) is 1.79. The molecule has 0 aliphatic rings. The summed E-state index contributed by atoms with van der Waals surface area (Å²) in [6.07, 6.45) is 0.397. The molecule has 0 amide bonds. The molecule has 3 nitrogen and oxygen atoms in total. The molecule has 96 valence electrons. The van der Waals surface area contributed by atoms with Crippen molar-refractivity contribution in [2.75, 3.05) is 0 Å². The van der Waals surface area contributed by atoms with Gasteiger partial charge >= 0.3 is 5.97 Å². The Kier molecular flexibility index (Phi) is 6.10. The van der Waals surface area contributed by atoms with Crippen LogP contribution >= 0.6 is 21.6 Å². The van der Waals surface area contributed by atoms with E-state index in [9.17, 15) is 4.79 Å². The largest absolute Gasteiger partial charge is 0.481 e. The topological polar surface area (TPSA) is 61.1 Å². The molecule has 0 aromatic heterocycles. The van der Waals surface area contributed by atoms with Gasteiger partial charge < -0.3 is 5.11 Å². The summed E-state index contributed by atoms with van der Waals surface area (Å²) in [5, 5.41) is 17.8. The molecule has 1 aromatic rings. The third kappa shape index (κ3) is 5.48. The summed E-state index contributed by atoms with van der Waals surface area (Å²) >= 11 is 0. The van der Waals surface area contributed by atoms with E-state index in [1.54, 1.807) is 17.7 Å². The molecular formula is C13H15NO2S2. The zero-order chi connectivity index (χ0) is 13.4. The van der Waals surface area contributed by atoms with Crippen molar-refractivity contribution < 1.29 is 9.90 Å². The second kappa shape index (κ2) is 7.34. The van der Waals surface area contributed by atoms with E-state index < -0.39 is 10.7 Å². The molecule has 1 rings (SSSR count). The fourth-order valence-corrected chi connectivity index (χ4v) is 3.86. The predicted octanol–water partition coefficient (Wildman–Crippen LogP) is 3.72. The second-order valence-electron chi connectivity index (χ2n) is 4.07. The van der Waals surface area contributed by atoms with Gasteiger partial charge in [0.05, 0.1) is 6.07 Å². The lowest BCUT2D eigenvalue weighted by Crippen LogP contribution is -2.17. The number of nitrogens with zero attached hydrogens (tertiary/aromatic N) is 1.